The van der Waals surface area contributed by atoms with E-state index in [1.54, 1.807) is 12.4 Å². The third-order valence-corrected chi connectivity index (χ3v) is 9.62. The second-order valence-electron chi connectivity index (χ2n) is 12.1. The van der Waals surface area contributed by atoms with Crippen LogP contribution < -0.4 is 16.0 Å². The van der Waals surface area contributed by atoms with Crippen LogP contribution in [0.25, 0.3) is 0 Å². The normalized spacial score (nSPS) is 26.6. The van der Waals surface area contributed by atoms with E-state index in [0.717, 1.165) is 62.0 Å². The Bertz CT molecular complexity index is 1350. The molecule has 0 bridgehead atoms. The van der Waals surface area contributed by atoms with E-state index in [1.807, 2.05) is 49.4 Å². The Labute approximate surface area is 254 Å². The van der Waals surface area contributed by atoms with Crippen molar-refractivity contribution in [2.24, 2.45) is 0 Å². The smallest absolute Gasteiger partial charge is 0.269 e. The zero-order chi connectivity index (χ0) is 29.9. The minimum atomic E-state index is -1.01. The van der Waals surface area contributed by atoms with Crippen LogP contribution in [0.1, 0.15) is 57.1 Å². The molecule has 2 saturated heterocycles. The fourth-order valence-electron chi connectivity index (χ4n) is 7.09. The highest BCUT2D eigenvalue weighted by atomic mass is 16.5. The summed E-state index contributed by atoms with van der Waals surface area (Å²) in [6, 6.07) is 14.3. The van der Waals surface area contributed by atoms with Crippen molar-refractivity contribution in [3.63, 3.8) is 0 Å². The van der Waals surface area contributed by atoms with Crippen molar-refractivity contribution in [2.45, 2.75) is 69.2 Å². The van der Waals surface area contributed by atoms with Gasteiger partial charge in [0.25, 0.3) is 5.91 Å². The number of ether oxygens (including phenoxy) is 1. The molecule has 3 atom stereocenters. The molecule has 1 aromatic heterocycles. The van der Waals surface area contributed by atoms with E-state index in [9.17, 15) is 9.59 Å². The first-order valence-corrected chi connectivity index (χ1v) is 15.9. The first-order valence-electron chi connectivity index (χ1n) is 15.9. The minimum absolute atomic E-state index is 0.0704. The first kappa shape index (κ1) is 29.4. The lowest BCUT2D eigenvalue weighted by atomic mass is 9.63. The van der Waals surface area contributed by atoms with Crippen molar-refractivity contribution < 1.29 is 14.3 Å². The minimum Gasteiger partial charge on any atom is -0.363 e. The number of nitrogens with one attached hydrogen (secondary N) is 3. The van der Waals surface area contributed by atoms with Gasteiger partial charge in [-0.05, 0) is 62.9 Å². The number of hydrogen-bond donors (Lipinski definition) is 3. The largest absolute Gasteiger partial charge is 0.363 e. The second kappa shape index (κ2) is 12.5. The molecule has 1 aromatic carbocycles. The molecule has 2 aromatic rings. The molecule has 43 heavy (non-hydrogen) atoms. The number of carbonyl (C=O) groups excluding carboxylic acids is 2. The number of allylic oxidation sites excluding steroid dienone is 1. The summed E-state index contributed by atoms with van der Waals surface area (Å²) >= 11 is 0. The van der Waals surface area contributed by atoms with E-state index >= 15 is 0 Å². The van der Waals surface area contributed by atoms with E-state index in [-0.39, 0.29) is 23.9 Å². The Morgan fingerprint density at radius 3 is 2.56 bits per heavy atom. The third-order valence-electron chi connectivity index (χ3n) is 9.62. The Kier molecular flexibility index (Phi) is 8.54. The number of nitrogens with zero attached hydrogens (tertiary/aromatic N) is 3. The van der Waals surface area contributed by atoms with Crippen LogP contribution in [0.5, 0.6) is 0 Å². The number of dihydropyridines is 1. The summed E-state index contributed by atoms with van der Waals surface area (Å²) < 4.78 is 6.31. The number of pyridine rings is 1. The topological polar surface area (TPSA) is 98.8 Å². The van der Waals surface area contributed by atoms with Gasteiger partial charge in [0.15, 0.2) is 5.72 Å². The lowest BCUT2D eigenvalue weighted by Gasteiger charge is -2.49. The molecule has 0 spiro atoms. The maximum Gasteiger partial charge on any atom is 0.269 e. The molecular weight excluding hydrogens is 540 g/mol. The molecule has 9 nitrogen and oxygen atoms in total. The summed E-state index contributed by atoms with van der Waals surface area (Å²) in [5, 5.41) is 10.1. The van der Waals surface area contributed by atoms with Crippen molar-refractivity contribution in [1.29, 1.82) is 0 Å². The molecule has 3 aliphatic heterocycles. The van der Waals surface area contributed by atoms with Crippen LogP contribution in [0.4, 0.5) is 0 Å². The van der Waals surface area contributed by atoms with Gasteiger partial charge in [-0.3, -0.25) is 14.6 Å². The van der Waals surface area contributed by atoms with E-state index < -0.39 is 11.1 Å². The molecule has 3 fully saturated rings. The van der Waals surface area contributed by atoms with Gasteiger partial charge in [0.1, 0.15) is 5.70 Å². The maximum atomic E-state index is 14.1. The van der Waals surface area contributed by atoms with Crippen LogP contribution in [0.2, 0.25) is 0 Å². The molecule has 1 saturated carbocycles. The number of rotatable bonds is 9. The van der Waals surface area contributed by atoms with Crippen molar-refractivity contribution in [3.05, 3.63) is 89.5 Å². The maximum absolute atomic E-state index is 14.1. The quantitative estimate of drug-likeness (QED) is 0.417. The highest BCUT2D eigenvalue weighted by molar-refractivity contribution is 5.95. The molecule has 9 heteroatoms. The summed E-state index contributed by atoms with van der Waals surface area (Å²) in [5.74, 6) is 0.0971. The number of hydrogen-bond acceptors (Lipinski definition) is 7. The average molecular weight is 585 g/mol. The average Bonchev–Trinajstić information content (AvgIpc) is 3.54. The summed E-state index contributed by atoms with van der Waals surface area (Å²) in [7, 11) is 0. The van der Waals surface area contributed by atoms with Gasteiger partial charge < -0.3 is 30.5 Å². The predicted molar refractivity (Wildman–Crippen MR) is 166 cm³/mol. The van der Waals surface area contributed by atoms with E-state index in [1.165, 1.54) is 0 Å². The van der Waals surface area contributed by atoms with Crippen LogP contribution >= 0.6 is 0 Å². The van der Waals surface area contributed by atoms with E-state index in [4.69, 9.17) is 4.74 Å². The van der Waals surface area contributed by atoms with Crippen LogP contribution in [-0.2, 0) is 25.5 Å². The van der Waals surface area contributed by atoms with Crippen molar-refractivity contribution in [3.8, 4) is 0 Å². The van der Waals surface area contributed by atoms with Crippen LogP contribution in [0.3, 0.4) is 0 Å². The lowest BCUT2D eigenvalue weighted by Crippen LogP contribution is -2.60. The van der Waals surface area contributed by atoms with Gasteiger partial charge in [-0.1, -0.05) is 49.7 Å². The monoisotopic (exact) mass is 584 g/mol. The highest BCUT2D eigenvalue weighted by Crippen LogP contribution is 2.45. The summed E-state index contributed by atoms with van der Waals surface area (Å²) in [6.45, 7) is 8.09. The van der Waals surface area contributed by atoms with Crippen molar-refractivity contribution >= 4 is 11.8 Å². The number of benzene rings is 1. The number of carbonyl (C=O) groups is 2. The third kappa shape index (κ3) is 5.56. The van der Waals surface area contributed by atoms with Gasteiger partial charge in [0.2, 0.25) is 5.91 Å². The van der Waals surface area contributed by atoms with Crippen LogP contribution in [0, 0.1) is 0 Å². The molecule has 2 amide bonds. The fourth-order valence-corrected chi connectivity index (χ4v) is 7.09. The predicted octanol–water partition coefficient (Wildman–Crippen LogP) is 3.16. The Morgan fingerprint density at radius 2 is 1.91 bits per heavy atom. The Morgan fingerprint density at radius 1 is 1.09 bits per heavy atom. The highest BCUT2D eigenvalue weighted by Gasteiger charge is 2.49. The lowest BCUT2D eigenvalue weighted by molar-refractivity contribution is -0.143. The molecular formula is C34H44N6O3. The Hall–Kier alpha value is -3.69. The van der Waals surface area contributed by atoms with Gasteiger partial charge >= 0.3 is 0 Å². The molecule has 1 unspecified atom stereocenters. The fraction of sp³-hybridized carbons (Fsp3) is 0.500. The van der Waals surface area contributed by atoms with Gasteiger partial charge in [-0.25, -0.2) is 0 Å². The molecule has 3 N–H and O–H groups in total. The van der Waals surface area contributed by atoms with Gasteiger partial charge in [-0.15, -0.1) is 0 Å². The SMILES string of the molecule is CCOC1(c2cccnc2)C=CC(N2CCN(C(=O)C3(c4ccccc4)CCC3)C[C@H]2CC)=C(C(=O)N[C@@H]2CCNC2)N1. The summed E-state index contributed by atoms with van der Waals surface area (Å²) in [4.78, 5) is 36.8. The summed E-state index contributed by atoms with van der Waals surface area (Å²) in [6.07, 6.45) is 12.2. The van der Waals surface area contributed by atoms with Gasteiger partial charge in [0.05, 0.1) is 11.1 Å². The second-order valence-corrected chi connectivity index (χ2v) is 12.1. The molecule has 4 aliphatic rings. The van der Waals surface area contributed by atoms with Gasteiger partial charge in [-0.2, -0.15) is 0 Å². The number of amides is 2. The first-order chi connectivity index (χ1) is 21.0. The molecule has 4 heterocycles. The number of piperazine rings is 1. The zero-order valence-electron chi connectivity index (χ0n) is 25.4. The zero-order valence-corrected chi connectivity index (χ0v) is 25.4. The molecule has 228 valence electrons. The van der Waals surface area contributed by atoms with E-state index in [0.29, 0.717) is 31.9 Å². The van der Waals surface area contributed by atoms with Crippen LogP contribution in [-0.4, -0.2) is 78.0 Å². The molecule has 0 radical (unpaired) electrons. The Balaban J connectivity index is 1.29. The van der Waals surface area contributed by atoms with Crippen LogP contribution in [0.15, 0.2) is 78.4 Å². The van der Waals surface area contributed by atoms with Gasteiger partial charge in [0, 0.05) is 62.8 Å². The summed E-state index contributed by atoms with van der Waals surface area (Å²) in [5.41, 5.74) is 1.86. The van der Waals surface area contributed by atoms with E-state index in [2.05, 4.69) is 49.8 Å². The molecule has 6 rings (SSSR count). The van der Waals surface area contributed by atoms with Crippen molar-refractivity contribution in [2.75, 3.05) is 39.3 Å². The molecule has 1 aliphatic carbocycles. The number of aromatic nitrogens is 1. The van der Waals surface area contributed by atoms with Crippen molar-refractivity contribution in [1.82, 2.24) is 30.7 Å². The standard InChI is InChI=1S/C34H44N6O3/c1-3-28-24-39(32(42)33(15-9-16-33)25-10-6-5-7-11-25)20-21-40(28)29-13-17-34(43-4-2,26-12-8-18-35-22-26)38-30(29)31(41)37-27-14-19-36-23-27/h5-8,10-13,17-18,22,27-28,36,38H,3-4,9,14-16,19-21,23-24H2,1-2H3,(H,37,41)/t27-,28-,34?/m1/s1.